The fourth-order valence-corrected chi connectivity index (χ4v) is 5.79. The van der Waals surface area contributed by atoms with Gasteiger partial charge in [0.05, 0.1) is 0 Å². The summed E-state index contributed by atoms with van der Waals surface area (Å²) in [5, 5.41) is 0.657. The van der Waals surface area contributed by atoms with Crippen molar-refractivity contribution >= 4 is 17.3 Å². The van der Waals surface area contributed by atoms with Gasteiger partial charge in [-0.1, -0.05) is 54.4 Å². The van der Waals surface area contributed by atoms with Crippen LogP contribution >= 0.6 is 12.2 Å². The Morgan fingerprint density at radius 2 is 1.21 bits per heavy atom. The van der Waals surface area contributed by atoms with Gasteiger partial charge in [0.15, 0.2) is 5.11 Å². The van der Waals surface area contributed by atoms with Crippen LogP contribution in [0.4, 0.5) is 0 Å². The van der Waals surface area contributed by atoms with Crippen LogP contribution in [0.25, 0.3) is 0 Å². The van der Waals surface area contributed by atoms with E-state index < -0.39 is 0 Å². The van der Waals surface area contributed by atoms with Crippen LogP contribution in [0.1, 0.15) is 80.1 Å². The fraction of sp³-hybridized carbons (Fsp3) is 0.952. The summed E-state index contributed by atoms with van der Waals surface area (Å²) < 4.78 is 0. The van der Waals surface area contributed by atoms with E-state index in [0.717, 1.165) is 23.7 Å². The lowest BCUT2D eigenvalue weighted by Crippen LogP contribution is -2.58. The van der Waals surface area contributed by atoms with Gasteiger partial charge in [-0.25, -0.2) is 0 Å². The minimum Gasteiger partial charge on any atom is -0.376 e. The molecule has 24 heavy (non-hydrogen) atoms. The second-order valence-corrected chi connectivity index (χ2v) is 9.95. The normalized spacial score (nSPS) is 37.7. The van der Waals surface area contributed by atoms with E-state index in [-0.39, 0.29) is 0 Å². The molecule has 2 saturated carbocycles. The lowest BCUT2D eigenvalue weighted by atomic mass is 9.69. The van der Waals surface area contributed by atoms with Gasteiger partial charge in [0.2, 0.25) is 0 Å². The average Bonchev–Trinajstić information content (AvgIpc) is 2.46. The van der Waals surface area contributed by atoms with Gasteiger partial charge in [0, 0.05) is 12.1 Å². The molecule has 2 N–H and O–H groups in total. The standard InChI is InChI=1S/C21H40N2S/c1-13(2)17-9-7-15(5)11-19(17)23(21(22)24)20-12-16(6)8-10-18(20)14(3)4/h13-20H,7-12H2,1-6H3,(H2,22,24). The van der Waals surface area contributed by atoms with Crippen LogP contribution in [-0.4, -0.2) is 22.1 Å². The molecule has 0 heterocycles. The Hall–Kier alpha value is -0.310. The van der Waals surface area contributed by atoms with E-state index in [2.05, 4.69) is 46.4 Å². The molecule has 6 atom stereocenters. The maximum Gasteiger partial charge on any atom is 0.166 e. The number of thiocarbonyl (C=S) groups is 1. The van der Waals surface area contributed by atoms with E-state index in [1.54, 1.807) is 0 Å². The zero-order valence-electron chi connectivity index (χ0n) is 16.8. The molecular formula is C21H40N2S. The lowest BCUT2D eigenvalue weighted by Gasteiger charge is -2.52. The molecule has 6 unspecified atom stereocenters. The van der Waals surface area contributed by atoms with Gasteiger partial charge in [-0.2, -0.15) is 0 Å². The minimum atomic E-state index is 0.544. The third-order valence-corrected chi connectivity index (χ3v) is 7.15. The highest BCUT2D eigenvalue weighted by atomic mass is 32.1. The van der Waals surface area contributed by atoms with Crippen LogP contribution in [-0.2, 0) is 0 Å². The largest absolute Gasteiger partial charge is 0.376 e. The van der Waals surface area contributed by atoms with E-state index in [0.29, 0.717) is 29.0 Å². The second kappa shape index (κ2) is 8.38. The zero-order chi connectivity index (χ0) is 18.0. The van der Waals surface area contributed by atoms with Gasteiger partial charge in [0.25, 0.3) is 0 Å². The van der Waals surface area contributed by atoms with Crippen molar-refractivity contribution in [3.05, 3.63) is 0 Å². The monoisotopic (exact) mass is 352 g/mol. The van der Waals surface area contributed by atoms with Crippen molar-refractivity contribution in [2.45, 2.75) is 92.2 Å². The van der Waals surface area contributed by atoms with Gasteiger partial charge in [-0.3, -0.25) is 0 Å². The fourth-order valence-electron chi connectivity index (χ4n) is 5.52. The number of rotatable bonds is 4. The van der Waals surface area contributed by atoms with Gasteiger partial charge in [-0.05, 0) is 73.4 Å². The van der Waals surface area contributed by atoms with E-state index in [1.165, 1.54) is 38.5 Å². The topological polar surface area (TPSA) is 29.3 Å². The lowest BCUT2D eigenvalue weighted by molar-refractivity contribution is 0.0255. The summed E-state index contributed by atoms with van der Waals surface area (Å²) in [5.41, 5.74) is 6.37. The molecule has 2 fully saturated rings. The third kappa shape index (κ3) is 4.45. The van der Waals surface area contributed by atoms with E-state index in [9.17, 15) is 0 Å². The highest BCUT2D eigenvalue weighted by Gasteiger charge is 2.42. The molecule has 2 aliphatic rings. The predicted octanol–water partition coefficient (Wildman–Crippen LogP) is 5.45. The Morgan fingerprint density at radius 1 is 0.833 bits per heavy atom. The number of nitrogens with two attached hydrogens (primary N) is 1. The van der Waals surface area contributed by atoms with E-state index in [4.69, 9.17) is 18.0 Å². The molecule has 0 aliphatic heterocycles. The Bertz CT molecular complexity index is 388. The van der Waals surface area contributed by atoms with Crippen LogP contribution in [0.5, 0.6) is 0 Å². The van der Waals surface area contributed by atoms with Crippen molar-refractivity contribution in [1.29, 1.82) is 0 Å². The summed E-state index contributed by atoms with van der Waals surface area (Å²) in [7, 11) is 0. The Kier molecular flexibility index (Phi) is 6.99. The Labute approximate surface area is 155 Å². The molecule has 0 aromatic heterocycles. The van der Waals surface area contributed by atoms with Crippen molar-refractivity contribution in [3.8, 4) is 0 Å². The van der Waals surface area contributed by atoms with Gasteiger partial charge in [-0.15, -0.1) is 0 Å². The first-order valence-electron chi connectivity index (χ1n) is 10.3. The van der Waals surface area contributed by atoms with Crippen LogP contribution in [0.2, 0.25) is 0 Å². The molecular weight excluding hydrogens is 312 g/mol. The first kappa shape index (κ1) is 20.0. The maximum atomic E-state index is 6.37. The molecule has 140 valence electrons. The molecule has 0 spiro atoms. The summed E-state index contributed by atoms with van der Waals surface area (Å²) in [6.07, 6.45) is 7.90. The van der Waals surface area contributed by atoms with Crippen LogP contribution < -0.4 is 5.73 Å². The van der Waals surface area contributed by atoms with Crippen molar-refractivity contribution in [3.63, 3.8) is 0 Å². The molecule has 2 aliphatic carbocycles. The molecule has 0 aromatic rings. The van der Waals surface area contributed by atoms with Crippen LogP contribution in [0, 0.1) is 35.5 Å². The van der Waals surface area contributed by atoms with Crippen molar-refractivity contribution < 1.29 is 0 Å². The molecule has 0 amide bonds. The van der Waals surface area contributed by atoms with E-state index >= 15 is 0 Å². The zero-order valence-corrected chi connectivity index (χ0v) is 17.6. The van der Waals surface area contributed by atoms with Crippen molar-refractivity contribution in [1.82, 2.24) is 4.90 Å². The number of hydrogen-bond acceptors (Lipinski definition) is 1. The van der Waals surface area contributed by atoms with E-state index in [1.807, 2.05) is 0 Å². The van der Waals surface area contributed by atoms with Crippen LogP contribution in [0.3, 0.4) is 0 Å². The highest BCUT2D eigenvalue weighted by molar-refractivity contribution is 7.80. The summed E-state index contributed by atoms with van der Waals surface area (Å²) in [4.78, 5) is 2.54. The second-order valence-electron chi connectivity index (χ2n) is 9.53. The molecule has 2 nitrogen and oxygen atoms in total. The Balaban J connectivity index is 2.32. The quantitative estimate of drug-likeness (QED) is 0.682. The minimum absolute atomic E-state index is 0.544. The third-order valence-electron chi connectivity index (χ3n) is 6.94. The summed E-state index contributed by atoms with van der Waals surface area (Å²) in [5.74, 6) is 4.46. The SMILES string of the molecule is CC1CCC(C(C)C)C(N(C(N)=S)C2CC(C)CCC2C(C)C)C1. The first-order chi connectivity index (χ1) is 11.2. The smallest absolute Gasteiger partial charge is 0.166 e. The average molecular weight is 353 g/mol. The number of nitrogens with zero attached hydrogens (tertiary/aromatic N) is 1. The predicted molar refractivity (Wildman–Crippen MR) is 109 cm³/mol. The molecule has 0 aromatic carbocycles. The van der Waals surface area contributed by atoms with Gasteiger partial charge < -0.3 is 10.6 Å². The van der Waals surface area contributed by atoms with Crippen molar-refractivity contribution in [2.75, 3.05) is 0 Å². The summed E-state index contributed by atoms with van der Waals surface area (Å²) in [6.45, 7) is 14.3. The molecule has 0 bridgehead atoms. The highest BCUT2D eigenvalue weighted by Crippen LogP contribution is 2.42. The Morgan fingerprint density at radius 3 is 1.50 bits per heavy atom. The van der Waals surface area contributed by atoms with Gasteiger partial charge >= 0.3 is 0 Å². The number of hydrogen-bond donors (Lipinski definition) is 1. The first-order valence-corrected chi connectivity index (χ1v) is 10.7. The van der Waals surface area contributed by atoms with Crippen molar-refractivity contribution in [2.24, 2.45) is 41.2 Å². The van der Waals surface area contributed by atoms with Crippen LogP contribution in [0.15, 0.2) is 0 Å². The molecule has 3 heteroatoms. The summed E-state index contributed by atoms with van der Waals surface area (Å²) in [6, 6.07) is 1.09. The molecule has 0 saturated heterocycles. The molecule has 2 rings (SSSR count). The van der Waals surface area contributed by atoms with Gasteiger partial charge in [0.1, 0.15) is 0 Å². The summed E-state index contributed by atoms with van der Waals surface area (Å²) >= 11 is 5.64. The molecule has 0 radical (unpaired) electrons. The maximum absolute atomic E-state index is 6.37.